The van der Waals surface area contributed by atoms with Gasteiger partial charge in [0, 0.05) is 26.2 Å². The number of fused-ring (bicyclic) bond motifs is 1. The monoisotopic (exact) mass is 376 g/mol. The molecule has 5 heteroatoms. The molecule has 1 aliphatic rings. The van der Waals surface area contributed by atoms with E-state index in [-0.39, 0.29) is 24.4 Å². The van der Waals surface area contributed by atoms with Crippen LogP contribution in [0.4, 0.5) is 0 Å². The average molecular weight is 377 g/mol. The molecule has 1 aliphatic carbocycles. The number of nitrogens with two attached hydrogens (primary N) is 1. The van der Waals surface area contributed by atoms with Crippen LogP contribution in [0.2, 0.25) is 0 Å². The lowest BCUT2D eigenvalue weighted by Gasteiger charge is -2.31. The summed E-state index contributed by atoms with van der Waals surface area (Å²) in [6.07, 6.45) is 4.74. The first-order valence-corrected chi connectivity index (χ1v) is 9.22. The lowest BCUT2D eigenvalue weighted by Crippen LogP contribution is -2.41. The maximum atomic E-state index is 13.0. The topological polar surface area (TPSA) is 55.6 Å². The second-order valence-corrected chi connectivity index (χ2v) is 6.90. The number of benzene rings is 2. The Bertz CT molecular complexity index is 707. The number of halogens is 1. The third-order valence-corrected chi connectivity index (χ3v) is 5.30. The molecule has 2 aromatic rings. The molecule has 1 saturated carbocycles. The van der Waals surface area contributed by atoms with E-state index in [4.69, 9.17) is 10.5 Å². The molecule has 0 aromatic heterocycles. The van der Waals surface area contributed by atoms with Crippen molar-refractivity contribution in [3.63, 3.8) is 0 Å². The highest BCUT2D eigenvalue weighted by Gasteiger charge is 2.28. The van der Waals surface area contributed by atoms with Gasteiger partial charge >= 0.3 is 0 Å². The zero-order chi connectivity index (χ0) is 17.6. The molecular weight excluding hydrogens is 348 g/mol. The summed E-state index contributed by atoms with van der Waals surface area (Å²) in [7, 11) is 1.62. The standard InChI is InChI=1S/C21H28N2O2.ClH/c1-25-19(14-22)13-21(24)23(18-10-3-4-11-18)15-17-9-6-8-16-7-2-5-12-20(16)17;/h2,5-9,12,18-19H,3-4,10-11,13-15,22H2,1H3;1H. The summed E-state index contributed by atoms with van der Waals surface area (Å²) >= 11 is 0. The minimum absolute atomic E-state index is 0. The molecule has 26 heavy (non-hydrogen) atoms. The fraction of sp³-hybridized carbons (Fsp3) is 0.476. The van der Waals surface area contributed by atoms with E-state index in [0.717, 1.165) is 12.8 Å². The van der Waals surface area contributed by atoms with Gasteiger partial charge in [-0.2, -0.15) is 0 Å². The van der Waals surface area contributed by atoms with Crippen molar-refractivity contribution in [1.82, 2.24) is 4.90 Å². The van der Waals surface area contributed by atoms with Crippen LogP contribution in [-0.2, 0) is 16.1 Å². The van der Waals surface area contributed by atoms with Crippen LogP contribution < -0.4 is 5.73 Å². The van der Waals surface area contributed by atoms with Crippen LogP contribution in [0, 0.1) is 0 Å². The Morgan fingerprint density at radius 1 is 1.19 bits per heavy atom. The molecule has 4 nitrogen and oxygen atoms in total. The first-order valence-electron chi connectivity index (χ1n) is 9.22. The van der Waals surface area contributed by atoms with Gasteiger partial charge in [-0.15, -0.1) is 12.4 Å². The fourth-order valence-electron chi connectivity index (χ4n) is 3.83. The van der Waals surface area contributed by atoms with Gasteiger partial charge in [-0.1, -0.05) is 55.3 Å². The predicted molar refractivity (Wildman–Crippen MR) is 108 cm³/mol. The maximum Gasteiger partial charge on any atom is 0.225 e. The van der Waals surface area contributed by atoms with Crippen molar-refractivity contribution in [2.24, 2.45) is 5.73 Å². The van der Waals surface area contributed by atoms with E-state index in [2.05, 4.69) is 47.4 Å². The number of carbonyl (C=O) groups excluding carboxylic acids is 1. The van der Waals surface area contributed by atoms with Crippen molar-refractivity contribution < 1.29 is 9.53 Å². The van der Waals surface area contributed by atoms with Gasteiger partial charge in [0.2, 0.25) is 5.91 Å². The number of hydrogen-bond acceptors (Lipinski definition) is 3. The van der Waals surface area contributed by atoms with Gasteiger partial charge in [0.1, 0.15) is 0 Å². The number of ether oxygens (including phenoxy) is 1. The molecule has 0 radical (unpaired) electrons. The largest absolute Gasteiger partial charge is 0.380 e. The lowest BCUT2D eigenvalue weighted by molar-refractivity contribution is -0.136. The van der Waals surface area contributed by atoms with Crippen molar-refractivity contribution >= 4 is 29.1 Å². The third kappa shape index (κ3) is 4.76. The summed E-state index contributed by atoms with van der Waals surface area (Å²) in [5, 5.41) is 2.44. The van der Waals surface area contributed by atoms with Gasteiger partial charge in [-0.25, -0.2) is 0 Å². The molecule has 2 N–H and O–H groups in total. The van der Waals surface area contributed by atoms with E-state index in [1.54, 1.807) is 7.11 Å². The first kappa shape index (κ1) is 20.7. The Morgan fingerprint density at radius 3 is 2.58 bits per heavy atom. The number of amides is 1. The van der Waals surface area contributed by atoms with Crippen molar-refractivity contribution in [2.45, 2.75) is 50.8 Å². The van der Waals surface area contributed by atoms with Gasteiger partial charge in [-0.3, -0.25) is 4.79 Å². The zero-order valence-electron chi connectivity index (χ0n) is 15.4. The Hall–Kier alpha value is -1.62. The fourth-order valence-corrected chi connectivity index (χ4v) is 3.83. The van der Waals surface area contributed by atoms with Crippen LogP contribution in [0.5, 0.6) is 0 Å². The quantitative estimate of drug-likeness (QED) is 0.797. The van der Waals surface area contributed by atoms with E-state index in [0.29, 0.717) is 25.6 Å². The molecule has 2 aromatic carbocycles. The molecule has 3 rings (SSSR count). The Morgan fingerprint density at radius 2 is 1.88 bits per heavy atom. The minimum Gasteiger partial charge on any atom is -0.380 e. The predicted octanol–water partition coefficient (Wildman–Crippen LogP) is 3.90. The summed E-state index contributed by atoms with van der Waals surface area (Å²) in [6.45, 7) is 1.03. The summed E-state index contributed by atoms with van der Waals surface area (Å²) < 4.78 is 5.33. The number of rotatable bonds is 7. The Labute approximate surface area is 162 Å². The molecule has 1 fully saturated rings. The second-order valence-electron chi connectivity index (χ2n) is 6.90. The Balaban J connectivity index is 0.00000243. The molecule has 1 atom stereocenters. The van der Waals surface area contributed by atoms with Crippen LogP contribution >= 0.6 is 12.4 Å². The van der Waals surface area contributed by atoms with E-state index in [1.807, 2.05) is 0 Å². The smallest absolute Gasteiger partial charge is 0.225 e. The van der Waals surface area contributed by atoms with Crippen LogP contribution in [0.3, 0.4) is 0 Å². The van der Waals surface area contributed by atoms with Gasteiger partial charge in [-0.05, 0) is 29.2 Å². The average Bonchev–Trinajstić information content (AvgIpc) is 3.18. The van der Waals surface area contributed by atoms with Gasteiger partial charge in [0.25, 0.3) is 0 Å². The third-order valence-electron chi connectivity index (χ3n) is 5.30. The van der Waals surface area contributed by atoms with Gasteiger partial charge in [0.15, 0.2) is 0 Å². The van der Waals surface area contributed by atoms with E-state index < -0.39 is 0 Å². The molecule has 1 unspecified atom stereocenters. The normalized spacial score (nSPS) is 15.6. The molecule has 0 saturated heterocycles. The minimum atomic E-state index is -0.205. The van der Waals surface area contributed by atoms with E-state index in [1.165, 1.54) is 29.2 Å². The lowest BCUT2D eigenvalue weighted by atomic mass is 10.0. The SMILES string of the molecule is COC(CN)CC(=O)N(Cc1cccc2ccccc12)C1CCCC1.Cl. The molecular formula is C21H29ClN2O2. The van der Waals surface area contributed by atoms with Gasteiger partial charge < -0.3 is 15.4 Å². The summed E-state index contributed by atoms with van der Waals surface area (Å²) in [6, 6.07) is 15.0. The molecule has 142 valence electrons. The van der Waals surface area contributed by atoms with Crippen molar-refractivity contribution in [1.29, 1.82) is 0 Å². The van der Waals surface area contributed by atoms with Crippen molar-refractivity contribution in [3.05, 3.63) is 48.0 Å². The van der Waals surface area contributed by atoms with Crippen LogP contribution in [-0.4, -0.2) is 36.6 Å². The highest BCUT2D eigenvalue weighted by Crippen LogP contribution is 2.28. The number of methoxy groups -OCH3 is 1. The van der Waals surface area contributed by atoms with Crippen LogP contribution in [0.1, 0.15) is 37.7 Å². The van der Waals surface area contributed by atoms with Gasteiger partial charge in [0.05, 0.1) is 12.5 Å². The number of carbonyl (C=O) groups is 1. The summed E-state index contributed by atoms with van der Waals surface area (Å²) in [4.78, 5) is 15.1. The zero-order valence-corrected chi connectivity index (χ0v) is 16.2. The van der Waals surface area contributed by atoms with Crippen LogP contribution in [0.15, 0.2) is 42.5 Å². The first-order chi connectivity index (χ1) is 12.2. The molecule has 0 bridgehead atoms. The summed E-state index contributed by atoms with van der Waals surface area (Å²) in [5.74, 6) is 0.150. The number of nitrogens with zero attached hydrogens (tertiary/aromatic N) is 1. The highest BCUT2D eigenvalue weighted by atomic mass is 35.5. The molecule has 1 amide bonds. The van der Waals surface area contributed by atoms with Crippen molar-refractivity contribution in [3.8, 4) is 0 Å². The molecule has 0 spiro atoms. The Kier molecular flexibility index (Phi) is 7.88. The van der Waals surface area contributed by atoms with Crippen LogP contribution in [0.25, 0.3) is 10.8 Å². The molecule has 0 aliphatic heterocycles. The second kappa shape index (κ2) is 9.91. The van der Waals surface area contributed by atoms with E-state index >= 15 is 0 Å². The van der Waals surface area contributed by atoms with E-state index in [9.17, 15) is 4.79 Å². The highest BCUT2D eigenvalue weighted by molar-refractivity contribution is 5.86. The molecule has 0 heterocycles. The summed E-state index contributed by atoms with van der Waals surface area (Å²) in [5.41, 5.74) is 6.92. The maximum absolute atomic E-state index is 13.0. The number of hydrogen-bond donors (Lipinski definition) is 1. The van der Waals surface area contributed by atoms with Crippen molar-refractivity contribution in [2.75, 3.05) is 13.7 Å².